The van der Waals surface area contributed by atoms with Crippen molar-refractivity contribution in [2.75, 3.05) is 31.1 Å². The number of carbonyl (C=O) groups excluding carboxylic acids is 1. The quantitative estimate of drug-likeness (QED) is 0.667. The third kappa shape index (κ3) is 3.96. The van der Waals surface area contributed by atoms with Crippen LogP contribution in [0.15, 0.2) is 36.1 Å². The second kappa shape index (κ2) is 7.42. The molecule has 0 spiro atoms. The number of imidazole rings is 1. The Bertz CT molecular complexity index is 937. The molecule has 1 aliphatic heterocycles. The summed E-state index contributed by atoms with van der Waals surface area (Å²) >= 11 is 1.52. The first-order valence-electron chi connectivity index (χ1n) is 8.87. The normalized spacial score (nSPS) is 15.8. The van der Waals surface area contributed by atoms with Crippen molar-refractivity contribution in [1.29, 1.82) is 0 Å². The first-order chi connectivity index (χ1) is 13.4. The van der Waals surface area contributed by atoms with Crippen LogP contribution in [0.25, 0.3) is 4.96 Å². The second-order valence-electron chi connectivity index (χ2n) is 6.63. The summed E-state index contributed by atoms with van der Waals surface area (Å²) in [5.74, 6) is 0.504. The van der Waals surface area contributed by atoms with Gasteiger partial charge in [-0.3, -0.25) is 9.20 Å². The molecule has 3 aromatic rings. The van der Waals surface area contributed by atoms with E-state index in [1.54, 1.807) is 4.90 Å². The Morgan fingerprint density at radius 2 is 2.04 bits per heavy atom. The van der Waals surface area contributed by atoms with Crippen LogP contribution in [0, 0.1) is 0 Å². The van der Waals surface area contributed by atoms with E-state index in [0.717, 1.165) is 29.3 Å². The minimum Gasteiger partial charge on any atom is -0.355 e. The molecule has 1 aliphatic rings. The first-order valence-corrected chi connectivity index (χ1v) is 9.75. The molecule has 0 N–H and O–H groups in total. The van der Waals surface area contributed by atoms with Crippen LogP contribution in [0.2, 0.25) is 0 Å². The summed E-state index contributed by atoms with van der Waals surface area (Å²) < 4.78 is 40.0. The largest absolute Gasteiger partial charge is 0.417 e. The molecule has 0 aromatic carbocycles. The van der Waals surface area contributed by atoms with Gasteiger partial charge in [0.05, 0.1) is 17.7 Å². The van der Waals surface area contributed by atoms with Crippen LogP contribution in [0.1, 0.15) is 17.7 Å². The Morgan fingerprint density at radius 3 is 2.75 bits per heavy atom. The lowest BCUT2D eigenvalue weighted by Crippen LogP contribution is -2.36. The van der Waals surface area contributed by atoms with Gasteiger partial charge in [0.2, 0.25) is 5.91 Å². The van der Waals surface area contributed by atoms with E-state index in [0.29, 0.717) is 32.0 Å². The molecular formula is C18H18F3N5OS. The van der Waals surface area contributed by atoms with Crippen molar-refractivity contribution in [3.63, 3.8) is 0 Å². The van der Waals surface area contributed by atoms with Crippen molar-refractivity contribution < 1.29 is 18.0 Å². The summed E-state index contributed by atoms with van der Waals surface area (Å²) in [6, 6.07) is 2.43. The van der Waals surface area contributed by atoms with E-state index in [2.05, 4.69) is 9.97 Å². The molecule has 10 heteroatoms. The molecule has 0 unspecified atom stereocenters. The fraction of sp³-hybridized carbons (Fsp3) is 0.389. The van der Waals surface area contributed by atoms with Crippen LogP contribution in [0.5, 0.6) is 0 Å². The van der Waals surface area contributed by atoms with Gasteiger partial charge in [-0.15, -0.1) is 11.3 Å². The summed E-state index contributed by atoms with van der Waals surface area (Å²) in [4.78, 5) is 25.6. The number of carbonyl (C=O) groups is 1. The Kier molecular flexibility index (Phi) is 4.96. The van der Waals surface area contributed by atoms with Gasteiger partial charge in [0.1, 0.15) is 5.82 Å². The zero-order valence-corrected chi connectivity index (χ0v) is 15.7. The fourth-order valence-electron chi connectivity index (χ4n) is 3.26. The number of amides is 1. The van der Waals surface area contributed by atoms with Gasteiger partial charge in [-0.25, -0.2) is 9.97 Å². The van der Waals surface area contributed by atoms with Gasteiger partial charge in [-0.05, 0) is 18.6 Å². The average molecular weight is 409 g/mol. The molecule has 1 saturated heterocycles. The predicted octanol–water partition coefficient (Wildman–Crippen LogP) is 3.09. The molecular weight excluding hydrogens is 391 g/mol. The zero-order chi connectivity index (χ0) is 19.7. The molecule has 148 valence electrons. The predicted molar refractivity (Wildman–Crippen MR) is 99.4 cm³/mol. The van der Waals surface area contributed by atoms with Crippen LogP contribution < -0.4 is 4.90 Å². The van der Waals surface area contributed by atoms with Crippen LogP contribution in [-0.4, -0.2) is 51.4 Å². The number of rotatable bonds is 3. The highest BCUT2D eigenvalue weighted by atomic mass is 32.1. The van der Waals surface area contributed by atoms with Crippen LogP contribution in [0.4, 0.5) is 19.0 Å². The Hall–Kier alpha value is -2.62. The zero-order valence-electron chi connectivity index (χ0n) is 14.9. The number of pyridine rings is 1. The maximum Gasteiger partial charge on any atom is 0.417 e. The second-order valence-corrected chi connectivity index (χ2v) is 7.50. The minimum atomic E-state index is -4.39. The van der Waals surface area contributed by atoms with Crippen molar-refractivity contribution in [2.24, 2.45) is 0 Å². The third-order valence-electron chi connectivity index (χ3n) is 4.72. The highest BCUT2D eigenvalue weighted by molar-refractivity contribution is 7.15. The van der Waals surface area contributed by atoms with Crippen molar-refractivity contribution >= 4 is 28.0 Å². The number of aromatic nitrogens is 3. The van der Waals surface area contributed by atoms with Crippen LogP contribution in [-0.2, 0) is 17.4 Å². The molecule has 1 amide bonds. The lowest BCUT2D eigenvalue weighted by molar-refractivity contribution is -0.137. The number of hydrogen-bond acceptors (Lipinski definition) is 5. The monoisotopic (exact) mass is 409 g/mol. The Morgan fingerprint density at radius 1 is 1.18 bits per heavy atom. The minimum absolute atomic E-state index is 0.00739. The van der Waals surface area contributed by atoms with Crippen molar-refractivity contribution in [1.82, 2.24) is 19.3 Å². The van der Waals surface area contributed by atoms with Gasteiger partial charge in [-0.2, -0.15) is 13.2 Å². The topological polar surface area (TPSA) is 53.7 Å². The van der Waals surface area contributed by atoms with Crippen LogP contribution >= 0.6 is 11.3 Å². The van der Waals surface area contributed by atoms with Gasteiger partial charge in [0.25, 0.3) is 0 Å². The maximum atomic E-state index is 12.7. The van der Waals surface area contributed by atoms with E-state index in [4.69, 9.17) is 0 Å². The Balaban J connectivity index is 1.37. The summed E-state index contributed by atoms with van der Waals surface area (Å²) in [5, 5.41) is 1.94. The lowest BCUT2D eigenvalue weighted by atomic mass is 10.2. The van der Waals surface area contributed by atoms with Gasteiger partial charge in [0, 0.05) is 50.1 Å². The summed E-state index contributed by atoms with van der Waals surface area (Å²) in [5.41, 5.74) is -0.0230. The van der Waals surface area contributed by atoms with E-state index >= 15 is 0 Å². The van der Waals surface area contributed by atoms with E-state index in [1.807, 2.05) is 27.1 Å². The fourth-order valence-corrected chi connectivity index (χ4v) is 3.98. The van der Waals surface area contributed by atoms with E-state index in [9.17, 15) is 18.0 Å². The molecule has 0 saturated carbocycles. The third-order valence-corrected chi connectivity index (χ3v) is 5.49. The number of fused-ring (bicyclic) bond motifs is 1. The SMILES string of the molecule is O=C(Cc1cn2ccsc2n1)N1CCCN(c2ccc(C(F)(F)F)cn2)CC1. The summed E-state index contributed by atoms with van der Waals surface area (Å²) in [6.07, 6.45) is 1.20. The molecule has 0 radical (unpaired) electrons. The van der Waals surface area contributed by atoms with Gasteiger partial charge >= 0.3 is 6.18 Å². The molecule has 6 nitrogen and oxygen atoms in total. The molecule has 4 rings (SSSR count). The molecule has 0 atom stereocenters. The molecule has 0 bridgehead atoms. The first kappa shape index (κ1) is 18.7. The molecule has 3 aromatic heterocycles. The number of anilines is 1. The van der Waals surface area contributed by atoms with Gasteiger partial charge in [-0.1, -0.05) is 0 Å². The van der Waals surface area contributed by atoms with Crippen molar-refractivity contribution in [3.8, 4) is 0 Å². The number of hydrogen-bond donors (Lipinski definition) is 0. The lowest BCUT2D eigenvalue weighted by Gasteiger charge is -2.23. The number of halogens is 3. The van der Waals surface area contributed by atoms with E-state index in [1.165, 1.54) is 17.4 Å². The van der Waals surface area contributed by atoms with Crippen molar-refractivity contribution in [2.45, 2.75) is 19.0 Å². The average Bonchev–Trinajstić information content (AvgIpc) is 3.14. The van der Waals surface area contributed by atoms with Crippen molar-refractivity contribution in [3.05, 3.63) is 47.4 Å². The number of alkyl halides is 3. The van der Waals surface area contributed by atoms with Crippen LogP contribution in [0.3, 0.4) is 0 Å². The maximum absolute atomic E-state index is 12.7. The highest BCUT2D eigenvalue weighted by Gasteiger charge is 2.31. The summed E-state index contributed by atoms with van der Waals surface area (Å²) in [7, 11) is 0. The molecule has 0 aliphatic carbocycles. The number of nitrogens with zero attached hydrogens (tertiary/aromatic N) is 5. The van der Waals surface area contributed by atoms with Gasteiger partial charge < -0.3 is 9.80 Å². The Labute approximate surface area is 163 Å². The molecule has 28 heavy (non-hydrogen) atoms. The van der Waals surface area contributed by atoms with E-state index < -0.39 is 11.7 Å². The summed E-state index contributed by atoms with van der Waals surface area (Å²) in [6.45, 7) is 2.28. The molecule has 4 heterocycles. The molecule has 1 fully saturated rings. The highest BCUT2D eigenvalue weighted by Crippen LogP contribution is 2.29. The van der Waals surface area contributed by atoms with Gasteiger partial charge in [0.15, 0.2) is 4.96 Å². The standard InChI is InChI=1S/C18H18F3N5OS/c19-18(20,21)13-2-3-15(22-11-13)24-4-1-5-25(7-6-24)16(27)10-14-12-26-8-9-28-17(26)23-14/h2-3,8-9,11-12H,1,4-7,10H2. The number of thiazole rings is 1. The van der Waals surface area contributed by atoms with E-state index in [-0.39, 0.29) is 12.3 Å². The smallest absolute Gasteiger partial charge is 0.355 e.